The van der Waals surface area contributed by atoms with Crippen molar-refractivity contribution in [3.8, 4) is 5.75 Å². The highest BCUT2D eigenvalue weighted by Gasteiger charge is 2.31. The highest BCUT2D eigenvalue weighted by atomic mass is 19.4. The number of benzene rings is 1. The van der Waals surface area contributed by atoms with E-state index in [1.54, 1.807) is 0 Å². The van der Waals surface area contributed by atoms with Crippen molar-refractivity contribution in [1.29, 1.82) is 0 Å². The van der Waals surface area contributed by atoms with Gasteiger partial charge in [-0.25, -0.2) is 0 Å². The fraction of sp³-hybridized carbons (Fsp3) is 0.462. The van der Waals surface area contributed by atoms with E-state index >= 15 is 0 Å². The smallest absolute Gasteiger partial charge is 0.406 e. The number of nitrogens with zero attached hydrogens (tertiary/aromatic N) is 1. The van der Waals surface area contributed by atoms with E-state index in [1.165, 1.54) is 12.1 Å². The first-order chi connectivity index (χ1) is 8.99. The molecule has 0 aliphatic carbocycles. The number of hydrogen-bond donors (Lipinski definition) is 0. The number of carbonyl (C=O) groups excluding carboxylic acids is 1. The van der Waals surface area contributed by atoms with Gasteiger partial charge in [0.1, 0.15) is 5.75 Å². The molecule has 1 saturated heterocycles. The van der Waals surface area contributed by atoms with Gasteiger partial charge >= 0.3 is 6.36 Å². The lowest BCUT2D eigenvalue weighted by atomic mass is 10.1. The Morgan fingerprint density at radius 3 is 2.42 bits per heavy atom. The molecule has 0 spiro atoms. The van der Waals surface area contributed by atoms with Gasteiger partial charge in [0.25, 0.3) is 0 Å². The number of alkyl halides is 3. The van der Waals surface area contributed by atoms with Gasteiger partial charge in [-0.1, -0.05) is 0 Å². The zero-order valence-electron chi connectivity index (χ0n) is 10.2. The maximum atomic E-state index is 12.2. The third kappa shape index (κ3) is 3.62. The molecule has 104 valence electrons. The molecule has 1 heterocycles. The summed E-state index contributed by atoms with van der Waals surface area (Å²) in [4.78, 5) is 12.9. The third-order valence-electron chi connectivity index (χ3n) is 3.06. The number of carbonyl (C=O) groups is 1. The van der Waals surface area contributed by atoms with Crippen LogP contribution in [0.4, 0.5) is 18.9 Å². The molecule has 19 heavy (non-hydrogen) atoms. The minimum absolute atomic E-state index is 0.293. The molecule has 1 aromatic rings. The molecule has 1 aliphatic rings. The van der Waals surface area contributed by atoms with Gasteiger partial charge in [0, 0.05) is 24.7 Å². The summed E-state index contributed by atoms with van der Waals surface area (Å²) in [6.45, 7) is 1.49. The molecule has 0 aromatic heterocycles. The zero-order valence-corrected chi connectivity index (χ0v) is 10.2. The van der Waals surface area contributed by atoms with Crippen molar-refractivity contribution in [2.45, 2.75) is 25.6 Å². The van der Waals surface area contributed by atoms with Crippen LogP contribution in [0, 0.1) is 0 Å². The number of anilines is 1. The van der Waals surface area contributed by atoms with Crippen molar-refractivity contribution in [3.05, 3.63) is 23.8 Å². The number of hydrogen-bond acceptors (Lipinski definition) is 3. The summed E-state index contributed by atoms with van der Waals surface area (Å²) in [5, 5.41) is 0. The molecule has 0 unspecified atom stereocenters. The highest BCUT2D eigenvalue weighted by Crippen LogP contribution is 2.30. The molecule has 1 aromatic carbocycles. The minimum atomic E-state index is -4.72. The molecular weight excluding hydrogens is 259 g/mol. The predicted molar refractivity (Wildman–Crippen MR) is 64.6 cm³/mol. The average Bonchev–Trinajstić information content (AvgIpc) is 2.38. The largest absolute Gasteiger partial charge is 0.573 e. The molecule has 0 radical (unpaired) electrons. The van der Waals surface area contributed by atoms with Gasteiger partial charge in [-0.3, -0.25) is 4.79 Å². The first kappa shape index (κ1) is 13.7. The van der Waals surface area contributed by atoms with Gasteiger partial charge in [0.05, 0.1) is 5.69 Å². The van der Waals surface area contributed by atoms with Crippen molar-refractivity contribution in [3.63, 3.8) is 0 Å². The van der Waals surface area contributed by atoms with Gasteiger partial charge in [0.2, 0.25) is 0 Å². The summed E-state index contributed by atoms with van der Waals surface area (Å²) < 4.78 is 40.5. The maximum Gasteiger partial charge on any atom is 0.573 e. The standard InChI is InChI=1S/C13H14F3NO2/c14-13(15,16)19-11-5-4-10(9-18)12(8-11)17-6-2-1-3-7-17/h4-5,8-9H,1-3,6-7H2. The second-order valence-corrected chi connectivity index (χ2v) is 4.43. The lowest BCUT2D eigenvalue weighted by molar-refractivity contribution is -0.274. The lowest BCUT2D eigenvalue weighted by Gasteiger charge is -2.30. The normalized spacial score (nSPS) is 16.3. The Balaban J connectivity index is 2.27. The quantitative estimate of drug-likeness (QED) is 0.791. The molecule has 6 heteroatoms. The molecule has 0 atom stereocenters. The molecular formula is C13H14F3NO2. The second kappa shape index (κ2) is 5.50. The Kier molecular flexibility index (Phi) is 3.97. The predicted octanol–water partition coefficient (Wildman–Crippen LogP) is 3.39. The van der Waals surface area contributed by atoms with Crippen LogP contribution in [0.2, 0.25) is 0 Å². The molecule has 0 saturated carbocycles. The van der Waals surface area contributed by atoms with Crippen LogP contribution in [0.1, 0.15) is 29.6 Å². The van der Waals surface area contributed by atoms with Crippen molar-refractivity contribution in [2.24, 2.45) is 0 Å². The van der Waals surface area contributed by atoms with Gasteiger partial charge in [-0.05, 0) is 31.4 Å². The maximum absolute atomic E-state index is 12.2. The van der Waals surface area contributed by atoms with E-state index < -0.39 is 6.36 Å². The van der Waals surface area contributed by atoms with Gasteiger partial charge in [0.15, 0.2) is 6.29 Å². The van der Waals surface area contributed by atoms with Crippen LogP contribution in [0.25, 0.3) is 0 Å². The van der Waals surface area contributed by atoms with Crippen LogP contribution >= 0.6 is 0 Å². The fourth-order valence-electron chi connectivity index (χ4n) is 2.23. The van der Waals surface area contributed by atoms with Crippen LogP contribution in [-0.2, 0) is 0 Å². The number of ether oxygens (including phenoxy) is 1. The van der Waals surface area contributed by atoms with E-state index in [-0.39, 0.29) is 5.75 Å². The molecule has 0 amide bonds. The van der Waals surface area contributed by atoms with Gasteiger partial charge in [-0.15, -0.1) is 13.2 Å². The van der Waals surface area contributed by atoms with E-state index in [9.17, 15) is 18.0 Å². The van der Waals surface area contributed by atoms with Crippen molar-refractivity contribution >= 4 is 12.0 Å². The Hall–Kier alpha value is -1.72. The number of halogens is 3. The van der Waals surface area contributed by atoms with Crippen molar-refractivity contribution in [1.82, 2.24) is 0 Å². The van der Waals surface area contributed by atoms with Crippen LogP contribution in [0.15, 0.2) is 18.2 Å². The van der Waals surface area contributed by atoms with E-state index in [1.807, 2.05) is 4.90 Å². The van der Waals surface area contributed by atoms with Gasteiger partial charge < -0.3 is 9.64 Å². The van der Waals surface area contributed by atoms with E-state index in [2.05, 4.69) is 4.74 Å². The van der Waals surface area contributed by atoms with E-state index in [0.29, 0.717) is 17.5 Å². The topological polar surface area (TPSA) is 29.5 Å². The van der Waals surface area contributed by atoms with Crippen LogP contribution in [0.5, 0.6) is 5.75 Å². The summed E-state index contributed by atoms with van der Waals surface area (Å²) in [6.07, 6.45) is -1.01. The van der Waals surface area contributed by atoms with Crippen molar-refractivity contribution in [2.75, 3.05) is 18.0 Å². The molecule has 1 aliphatic heterocycles. The summed E-state index contributed by atoms with van der Waals surface area (Å²) in [7, 11) is 0. The summed E-state index contributed by atoms with van der Waals surface area (Å²) >= 11 is 0. The zero-order chi connectivity index (χ0) is 13.9. The Labute approximate surface area is 109 Å². The van der Waals surface area contributed by atoms with Crippen LogP contribution in [0.3, 0.4) is 0 Å². The highest BCUT2D eigenvalue weighted by molar-refractivity contribution is 5.85. The Morgan fingerprint density at radius 2 is 1.84 bits per heavy atom. The monoisotopic (exact) mass is 273 g/mol. The van der Waals surface area contributed by atoms with Gasteiger partial charge in [-0.2, -0.15) is 0 Å². The molecule has 2 rings (SSSR count). The lowest BCUT2D eigenvalue weighted by Crippen LogP contribution is -2.30. The van der Waals surface area contributed by atoms with E-state index in [0.717, 1.165) is 38.4 Å². The number of piperidine rings is 1. The molecule has 0 N–H and O–H groups in total. The Morgan fingerprint density at radius 1 is 1.16 bits per heavy atom. The van der Waals surface area contributed by atoms with Crippen LogP contribution in [-0.4, -0.2) is 25.7 Å². The number of rotatable bonds is 3. The second-order valence-electron chi connectivity index (χ2n) is 4.43. The summed E-state index contributed by atoms with van der Waals surface area (Å²) in [5.41, 5.74) is 0.896. The molecule has 3 nitrogen and oxygen atoms in total. The minimum Gasteiger partial charge on any atom is -0.406 e. The van der Waals surface area contributed by atoms with Crippen LogP contribution < -0.4 is 9.64 Å². The van der Waals surface area contributed by atoms with E-state index in [4.69, 9.17) is 0 Å². The van der Waals surface area contributed by atoms with Crippen molar-refractivity contribution < 1.29 is 22.7 Å². The molecule has 1 fully saturated rings. The number of aldehydes is 1. The molecule has 0 bridgehead atoms. The third-order valence-corrected chi connectivity index (χ3v) is 3.06. The SMILES string of the molecule is O=Cc1ccc(OC(F)(F)F)cc1N1CCCCC1. The Bertz CT molecular complexity index is 454. The summed E-state index contributed by atoms with van der Waals surface area (Å²) in [5.74, 6) is -0.293. The first-order valence-corrected chi connectivity index (χ1v) is 6.09. The fourth-order valence-corrected chi connectivity index (χ4v) is 2.23. The summed E-state index contributed by atoms with van der Waals surface area (Å²) in [6, 6.07) is 3.80. The average molecular weight is 273 g/mol. The first-order valence-electron chi connectivity index (χ1n) is 6.09.